The van der Waals surface area contributed by atoms with Crippen molar-refractivity contribution in [2.75, 3.05) is 0 Å². The van der Waals surface area contributed by atoms with Gasteiger partial charge in [-0.15, -0.1) is 0 Å². The van der Waals surface area contributed by atoms with Crippen molar-refractivity contribution in [2.45, 2.75) is 67.0 Å². The van der Waals surface area contributed by atoms with Crippen LogP contribution >= 0.6 is 0 Å². The van der Waals surface area contributed by atoms with Crippen molar-refractivity contribution < 1.29 is 28.0 Å². The Morgan fingerprint density at radius 1 is 0.594 bits per heavy atom. The minimum Gasteiger partial charge on any atom is -0.542 e. The van der Waals surface area contributed by atoms with Gasteiger partial charge in [0.2, 0.25) is 28.2 Å². The van der Waals surface area contributed by atoms with E-state index in [2.05, 4.69) is 0 Å². The van der Waals surface area contributed by atoms with Crippen molar-refractivity contribution in [1.82, 2.24) is 0 Å². The number of allylic oxidation sites excluding steroid dienone is 8. The second-order valence-electron chi connectivity index (χ2n) is 11.3. The Kier molecular flexibility index (Phi) is 6.66. The standard InChI is InChI=1S/C24H34O6Si2/c1-23(2)19(25)15(13-17(21(23)27)29-31(5,6)7)11-12-16-14-18(30-32(8,9)10)22(28)24(3,4)20(16)26/h11-14H,1-10H3. The van der Waals surface area contributed by atoms with E-state index < -0.39 is 27.5 Å². The summed E-state index contributed by atoms with van der Waals surface area (Å²) in [5, 5.41) is 0. The number of ketones is 4. The Balaban J connectivity index is 2.60. The lowest BCUT2D eigenvalue weighted by atomic mass is 9.74. The normalized spacial score (nSPS) is 23.9. The van der Waals surface area contributed by atoms with Gasteiger partial charge in [0.1, 0.15) is 11.5 Å². The fourth-order valence-electron chi connectivity index (χ4n) is 3.33. The Labute approximate surface area is 192 Å². The molecule has 0 heterocycles. The average Bonchev–Trinajstić information content (AvgIpc) is 2.61. The molecule has 0 saturated heterocycles. The Bertz CT molecular complexity index is 926. The van der Waals surface area contributed by atoms with Crippen LogP contribution in [0.15, 0.2) is 47.0 Å². The van der Waals surface area contributed by atoms with Gasteiger partial charge in [-0.05, 0) is 79.1 Å². The Hall–Kier alpha value is -2.33. The lowest BCUT2D eigenvalue weighted by Gasteiger charge is -2.32. The van der Waals surface area contributed by atoms with Crippen molar-refractivity contribution in [3.63, 3.8) is 0 Å². The van der Waals surface area contributed by atoms with Gasteiger partial charge in [-0.2, -0.15) is 0 Å². The van der Waals surface area contributed by atoms with Crippen LogP contribution in [0.25, 0.3) is 0 Å². The van der Waals surface area contributed by atoms with Gasteiger partial charge in [-0.25, -0.2) is 0 Å². The largest absolute Gasteiger partial charge is 0.542 e. The Morgan fingerprint density at radius 3 is 1.12 bits per heavy atom. The molecule has 0 amide bonds. The molecule has 0 atom stereocenters. The smallest absolute Gasteiger partial charge is 0.242 e. The first kappa shape index (κ1) is 25.9. The summed E-state index contributed by atoms with van der Waals surface area (Å²) in [7, 11) is -4.16. The Morgan fingerprint density at radius 2 is 0.875 bits per heavy atom. The first-order chi connectivity index (χ1) is 14.3. The second-order valence-corrected chi connectivity index (χ2v) is 20.1. The third-order valence-electron chi connectivity index (χ3n) is 5.09. The average molecular weight is 475 g/mol. The van der Waals surface area contributed by atoms with Gasteiger partial charge in [0.05, 0.1) is 10.8 Å². The quantitative estimate of drug-likeness (QED) is 0.327. The zero-order valence-electron chi connectivity index (χ0n) is 20.8. The molecule has 0 radical (unpaired) electrons. The summed E-state index contributed by atoms with van der Waals surface area (Å²) < 4.78 is 11.9. The summed E-state index contributed by atoms with van der Waals surface area (Å²) >= 11 is 0. The van der Waals surface area contributed by atoms with E-state index in [0.29, 0.717) is 0 Å². The fraction of sp³-hybridized carbons (Fsp3) is 0.500. The van der Waals surface area contributed by atoms with E-state index in [9.17, 15) is 19.2 Å². The van der Waals surface area contributed by atoms with E-state index in [4.69, 9.17) is 8.85 Å². The highest BCUT2D eigenvalue weighted by Crippen LogP contribution is 2.36. The van der Waals surface area contributed by atoms with Crippen LogP contribution in [-0.2, 0) is 28.0 Å². The molecule has 2 aliphatic carbocycles. The van der Waals surface area contributed by atoms with E-state index in [-0.39, 0.29) is 45.8 Å². The summed E-state index contributed by atoms with van der Waals surface area (Å²) in [4.78, 5) is 51.5. The molecule has 8 heteroatoms. The lowest BCUT2D eigenvalue weighted by molar-refractivity contribution is -0.137. The number of carbonyl (C=O) groups excluding carboxylic acids is 4. The van der Waals surface area contributed by atoms with Crippen LogP contribution in [0.1, 0.15) is 27.7 Å². The topological polar surface area (TPSA) is 86.7 Å². The number of hydrogen-bond donors (Lipinski definition) is 0. The van der Waals surface area contributed by atoms with Gasteiger partial charge in [-0.1, -0.05) is 12.2 Å². The van der Waals surface area contributed by atoms with Gasteiger partial charge < -0.3 is 8.85 Å². The van der Waals surface area contributed by atoms with Crippen LogP contribution in [0.2, 0.25) is 39.3 Å². The molecule has 0 aromatic rings. The van der Waals surface area contributed by atoms with Crippen molar-refractivity contribution >= 4 is 39.8 Å². The maximum Gasteiger partial charge on any atom is 0.242 e. The minimum absolute atomic E-state index is 0.169. The molecular weight excluding hydrogens is 440 g/mol. The van der Waals surface area contributed by atoms with E-state index in [1.165, 1.54) is 24.3 Å². The minimum atomic E-state index is -2.08. The van der Waals surface area contributed by atoms with Crippen LogP contribution < -0.4 is 0 Å². The highest BCUT2D eigenvalue weighted by atomic mass is 28.4. The van der Waals surface area contributed by atoms with E-state index >= 15 is 0 Å². The number of Topliss-reactive ketones (excluding diaryl/α,β-unsaturated/α-hetero) is 4. The molecule has 6 nitrogen and oxygen atoms in total. The molecule has 32 heavy (non-hydrogen) atoms. The maximum absolute atomic E-state index is 13.0. The third-order valence-corrected chi connectivity index (χ3v) is 6.76. The maximum atomic E-state index is 13.0. The molecule has 0 saturated carbocycles. The number of hydrogen-bond acceptors (Lipinski definition) is 6. The molecule has 174 valence electrons. The molecule has 2 rings (SSSR count). The van der Waals surface area contributed by atoms with Gasteiger partial charge in [0.25, 0.3) is 0 Å². The molecule has 0 unspecified atom stereocenters. The van der Waals surface area contributed by atoms with Crippen molar-refractivity contribution in [3.05, 3.63) is 47.0 Å². The van der Waals surface area contributed by atoms with Crippen LogP contribution in [-0.4, -0.2) is 39.8 Å². The summed E-state index contributed by atoms with van der Waals surface area (Å²) in [6.07, 6.45) is 5.95. The van der Waals surface area contributed by atoms with Crippen molar-refractivity contribution in [2.24, 2.45) is 10.8 Å². The molecule has 0 aromatic heterocycles. The molecule has 0 aromatic carbocycles. The first-order valence-electron chi connectivity index (χ1n) is 10.7. The summed E-state index contributed by atoms with van der Waals surface area (Å²) in [5.74, 6) is -1.04. The van der Waals surface area contributed by atoms with E-state index in [0.717, 1.165) is 0 Å². The van der Waals surface area contributed by atoms with Crippen molar-refractivity contribution in [3.8, 4) is 0 Å². The van der Waals surface area contributed by atoms with Crippen LogP contribution in [0.4, 0.5) is 0 Å². The molecule has 2 aliphatic rings. The summed E-state index contributed by atoms with van der Waals surface area (Å²) in [5.41, 5.74) is -1.97. The highest BCUT2D eigenvalue weighted by molar-refractivity contribution is 6.70. The van der Waals surface area contributed by atoms with E-state index in [1.807, 2.05) is 39.3 Å². The summed E-state index contributed by atoms with van der Waals surface area (Å²) in [6, 6.07) is 0. The number of rotatable bonds is 5. The van der Waals surface area contributed by atoms with Gasteiger partial charge >= 0.3 is 0 Å². The van der Waals surface area contributed by atoms with Crippen LogP contribution in [0.3, 0.4) is 0 Å². The van der Waals surface area contributed by atoms with Gasteiger partial charge in [0.15, 0.2) is 11.6 Å². The first-order valence-corrected chi connectivity index (χ1v) is 17.5. The SMILES string of the molecule is CC1(C)C(=O)C(=CC=C2C=C(O[Si](C)(C)C)C(=O)C(C)(C)C2=O)C=C(O[Si](C)(C)C)C1=O. The van der Waals surface area contributed by atoms with Crippen LogP contribution in [0.5, 0.6) is 0 Å². The highest BCUT2D eigenvalue weighted by Gasteiger charge is 2.45. The molecule has 0 spiro atoms. The third kappa shape index (κ3) is 5.35. The molecule has 0 N–H and O–H groups in total. The molecule has 0 bridgehead atoms. The van der Waals surface area contributed by atoms with E-state index in [1.54, 1.807) is 27.7 Å². The van der Waals surface area contributed by atoms with Gasteiger partial charge in [-0.3, -0.25) is 19.2 Å². The fourth-order valence-corrected chi connectivity index (χ4v) is 4.95. The molecular formula is C24H34O6Si2. The molecule has 0 fully saturated rings. The molecule has 0 aliphatic heterocycles. The zero-order chi connectivity index (χ0) is 24.9. The predicted octanol–water partition coefficient (Wildman–Crippen LogP) is 4.67. The van der Waals surface area contributed by atoms with Gasteiger partial charge in [0, 0.05) is 11.1 Å². The summed E-state index contributed by atoms with van der Waals surface area (Å²) in [6.45, 7) is 18.1. The number of carbonyl (C=O) groups is 4. The van der Waals surface area contributed by atoms with Crippen molar-refractivity contribution in [1.29, 1.82) is 0 Å². The predicted molar refractivity (Wildman–Crippen MR) is 129 cm³/mol. The zero-order valence-corrected chi connectivity index (χ0v) is 22.8. The monoisotopic (exact) mass is 474 g/mol. The lowest BCUT2D eigenvalue weighted by Crippen LogP contribution is -2.42. The van der Waals surface area contributed by atoms with Crippen LogP contribution in [0, 0.1) is 10.8 Å². The second kappa shape index (κ2) is 8.22.